The molecule has 28 heavy (non-hydrogen) atoms. The molecule has 0 saturated carbocycles. The molecule has 3 fully saturated rings. The standard InChI is InChI=1S/C21H31N3O3S/c25-21(24-10-5-2-6-11-24)20(18-7-3-1-4-8-18)23-14-12-22(13-15-23)19-9-16-28(26,27)17-19/h1,3-4,7-8,19-20H,2,5-6,9-17H2/t19-,20-/m0/s1. The molecule has 3 aliphatic heterocycles. The number of carbonyl (C=O) groups is 1. The zero-order chi connectivity index (χ0) is 19.6. The number of likely N-dealkylation sites (tertiary alicyclic amines) is 1. The van der Waals surface area contributed by atoms with Crippen LogP contribution in [0.15, 0.2) is 30.3 Å². The summed E-state index contributed by atoms with van der Waals surface area (Å²) in [4.78, 5) is 20.1. The van der Waals surface area contributed by atoms with Gasteiger partial charge in [-0.3, -0.25) is 14.6 Å². The number of piperidine rings is 1. The van der Waals surface area contributed by atoms with Crippen molar-refractivity contribution in [2.45, 2.75) is 37.8 Å². The van der Waals surface area contributed by atoms with Gasteiger partial charge in [-0.05, 0) is 31.2 Å². The van der Waals surface area contributed by atoms with Crippen LogP contribution in [0.3, 0.4) is 0 Å². The summed E-state index contributed by atoms with van der Waals surface area (Å²) < 4.78 is 23.6. The Morgan fingerprint density at radius 2 is 1.61 bits per heavy atom. The molecule has 0 aromatic heterocycles. The number of piperazine rings is 1. The maximum atomic E-state index is 13.4. The van der Waals surface area contributed by atoms with Crippen molar-refractivity contribution in [3.63, 3.8) is 0 Å². The maximum Gasteiger partial charge on any atom is 0.244 e. The van der Waals surface area contributed by atoms with Gasteiger partial charge in [0.05, 0.1) is 11.5 Å². The smallest absolute Gasteiger partial charge is 0.244 e. The van der Waals surface area contributed by atoms with E-state index in [1.54, 1.807) is 0 Å². The van der Waals surface area contributed by atoms with Crippen LogP contribution in [0.25, 0.3) is 0 Å². The van der Waals surface area contributed by atoms with E-state index in [9.17, 15) is 13.2 Å². The lowest BCUT2D eigenvalue weighted by Gasteiger charge is -2.42. The molecule has 4 rings (SSSR count). The first kappa shape index (κ1) is 19.9. The van der Waals surface area contributed by atoms with Gasteiger partial charge in [-0.25, -0.2) is 8.42 Å². The second-order valence-electron chi connectivity index (χ2n) is 8.33. The molecule has 7 heteroatoms. The van der Waals surface area contributed by atoms with Crippen LogP contribution in [0.2, 0.25) is 0 Å². The Labute approximate surface area is 168 Å². The number of amides is 1. The van der Waals surface area contributed by atoms with Crippen molar-refractivity contribution in [1.29, 1.82) is 0 Å². The fourth-order valence-corrected chi connectivity index (χ4v) is 6.62. The van der Waals surface area contributed by atoms with E-state index in [1.807, 2.05) is 23.1 Å². The third kappa shape index (κ3) is 4.42. The van der Waals surface area contributed by atoms with E-state index in [0.717, 1.165) is 64.1 Å². The van der Waals surface area contributed by atoms with Crippen molar-refractivity contribution >= 4 is 15.7 Å². The van der Waals surface area contributed by atoms with Crippen molar-refractivity contribution in [3.8, 4) is 0 Å². The topological polar surface area (TPSA) is 60.9 Å². The first-order valence-corrected chi connectivity index (χ1v) is 12.4. The van der Waals surface area contributed by atoms with Crippen LogP contribution in [0, 0.1) is 0 Å². The number of carbonyl (C=O) groups excluding carboxylic acids is 1. The zero-order valence-corrected chi connectivity index (χ0v) is 17.3. The number of rotatable bonds is 4. The van der Waals surface area contributed by atoms with E-state index >= 15 is 0 Å². The van der Waals surface area contributed by atoms with E-state index in [4.69, 9.17) is 0 Å². The second-order valence-corrected chi connectivity index (χ2v) is 10.6. The Morgan fingerprint density at radius 3 is 2.21 bits per heavy atom. The molecule has 1 amide bonds. The fraction of sp³-hybridized carbons (Fsp3) is 0.667. The predicted octanol–water partition coefficient (Wildman–Crippen LogP) is 1.54. The highest BCUT2D eigenvalue weighted by atomic mass is 32.2. The summed E-state index contributed by atoms with van der Waals surface area (Å²) in [6.45, 7) is 4.99. The number of hydrogen-bond acceptors (Lipinski definition) is 5. The van der Waals surface area contributed by atoms with Crippen molar-refractivity contribution < 1.29 is 13.2 Å². The normalized spacial score (nSPS) is 27.6. The molecule has 3 aliphatic rings. The van der Waals surface area contributed by atoms with Gasteiger partial charge in [0.2, 0.25) is 5.91 Å². The van der Waals surface area contributed by atoms with Gasteiger partial charge >= 0.3 is 0 Å². The first-order valence-electron chi connectivity index (χ1n) is 10.6. The number of benzene rings is 1. The molecule has 6 nitrogen and oxygen atoms in total. The van der Waals surface area contributed by atoms with Gasteiger partial charge in [-0.2, -0.15) is 0 Å². The van der Waals surface area contributed by atoms with E-state index < -0.39 is 9.84 Å². The van der Waals surface area contributed by atoms with Crippen LogP contribution in [-0.2, 0) is 14.6 Å². The number of hydrogen-bond donors (Lipinski definition) is 0. The van der Waals surface area contributed by atoms with E-state index in [0.29, 0.717) is 11.5 Å². The number of nitrogens with zero attached hydrogens (tertiary/aromatic N) is 3. The molecular formula is C21H31N3O3S. The summed E-state index contributed by atoms with van der Waals surface area (Å²) in [7, 11) is -2.86. The van der Waals surface area contributed by atoms with Crippen molar-refractivity contribution in [2.24, 2.45) is 0 Å². The predicted molar refractivity (Wildman–Crippen MR) is 110 cm³/mol. The van der Waals surface area contributed by atoms with Crippen LogP contribution >= 0.6 is 0 Å². The lowest BCUT2D eigenvalue weighted by atomic mass is 10.0. The van der Waals surface area contributed by atoms with Crippen LogP contribution < -0.4 is 0 Å². The molecule has 154 valence electrons. The SMILES string of the molecule is O=C([C@H](c1ccccc1)N1CCN([C@H]2CCS(=O)(=O)C2)CC1)N1CCCCC1. The van der Waals surface area contributed by atoms with Gasteiger partial charge < -0.3 is 4.90 Å². The summed E-state index contributed by atoms with van der Waals surface area (Å²) in [6, 6.07) is 10.0. The third-order valence-electron chi connectivity index (χ3n) is 6.46. The highest BCUT2D eigenvalue weighted by Gasteiger charge is 2.37. The first-order chi connectivity index (χ1) is 13.5. The van der Waals surface area contributed by atoms with E-state index in [2.05, 4.69) is 21.9 Å². The highest BCUT2D eigenvalue weighted by molar-refractivity contribution is 7.91. The van der Waals surface area contributed by atoms with Crippen molar-refractivity contribution in [3.05, 3.63) is 35.9 Å². The molecule has 0 unspecified atom stereocenters. The number of sulfone groups is 1. The molecule has 2 atom stereocenters. The zero-order valence-electron chi connectivity index (χ0n) is 16.5. The van der Waals surface area contributed by atoms with Gasteiger partial charge in [0, 0.05) is 45.3 Å². The molecule has 1 aromatic carbocycles. The van der Waals surface area contributed by atoms with E-state index in [1.165, 1.54) is 6.42 Å². The average Bonchev–Trinajstić information content (AvgIpc) is 3.10. The average molecular weight is 406 g/mol. The molecule has 0 bridgehead atoms. The van der Waals surface area contributed by atoms with Gasteiger partial charge in [-0.1, -0.05) is 30.3 Å². The molecule has 0 aliphatic carbocycles. The van der Waals surface area contributed by atoms with Gasteiger partial charge in [0.15, 0.2) is 9.84 Å². The fourth-order valence-electron chi connectivity index (χ4n) is 4.86. The second kappa shape index (κ2) is 8.51. The minimum atomic E-state index is -2.86. The molecule has 1 aromatic rings. The third-order valence-corrected chi connectivity index (χ3v) is 8.21. The summed E-state index contributed by atoms with van der Waals surface area (Å²) in [5.41, 5.74) is 1.06. The quantitative estimate of drug-likeness (QED) is 0.761. The lowest BCUT2D eigenvalue weighted by molar-refractivity contribution is -0.139. The molecule has 3 heterocycles. The van der Waals surface area contributed by atoms with Crippen LogP contribution in [-0.4, -0.2) is 85.8 Å². The molecule has 0 spiro atoms. The Balaban J connectivity index is 1.46. The minimum absolute atomic E-state index is 0.153. The summed E-state index contributed by atoms with van der Waals surface area (Å²) >= 11 is 0. The maximum absolute atomic E-state index is 13.4. The van der Waals surface area contributed by atoms with Crippen LogP contribution in [0.5, 0.6) is 0 Å². The van der Waals surface area contributed by atoms with Crippen LogP contribution in [0.1, 0.15) is 37.3 Å². The lowest BCUT2D eigenvalue weighted by Crippen LogP contribution is -2.54. The Hall–Kier alpha value is -1.44. The van der Waals surface area contributed by atoms with Gasteiger partial charge in [0.1, 0.15) is 6.04 Å². The Bertz CT molecular complexity index is 769. The minimum Gasteiger partial charge on any atom is -0.341 e. The summed E-state index contributed by atoms with van der Waals surface area (Å²) in [5.74, 6) is 0.836. The molecule has 0 N–H and O–H groups in total. The van der Waals surface area contributed by atoms with Gasteiger partial charge in [0.25, 0.3) is 0 Å². The Morgan fingerprint density at radius 1 is 0.929 bits per heavy atom. The molecular weight excluding hydrogens is 374 g/mol. The Kier molecular flexibility index (Phi) is 6.04. The largest absolute Gasteiger partial charge is 0.341 e. The van der Waals surface area contributed by atoms with Gasteiger partial charge in [-0.15, -0.1) is 0 Å². The highest BCUT2D eigenvalue weighted by Crippen LogP contribution is 2.27. The molecule has 3 saturated heterocycles. The van der Waals surface area contributed by atoms with Crippen LogP contribution in [0.4, 0.5) is 0 Å². The monoisotopic (exact) mass is 405 g/mol. The summed E-state index contributed by atoms with van der Waals surface area (Å²) in [6.07, 6.45) is 4.15. The van der Waals surface area contributed by atoms with Crippen molar-refractivity contribution in [1.82, 2.24) is 14.7 Å². The van der Waals surface area contributed by atoms with E-state index in [-0.39, 0.29) is 18.0 Å². The summed E-state index contributed by atoms with van der Waals surface area (Å²) in [5, 5.41) is 0. The molecule has 0 radical (unpaired) electrons. The van der Waals surface area contributed by atoms with Crippen molar-refractivity contribution in [2.75, 3.05) is 50.8 Å².